The molecule has 2 atom stereocenters. The molecule has 0 fully saturated rings. The van der Waals surface area contributed by atoms with Gasteiger partial charge in [-0.2, -0.15) is 0 Å². The van der Waals surface area contributed by atoms with E-state index in [1.54, 1.807) is 23.1 Å². The van der Waals surface area contributed by atoms with Crippen molar-refractivity contribution in [2.75, 3.05) is 12.4 Å². The van der Waals surface area contributed by atoms with Crippen molar-refractivity contribution in [1.82, 2.24) is 5.32 Å². The van der Waals surface area contributed by atoms with Gasteiger partial charge in [0.15, 0.2) is 0 Å². The van der Waals surface area contributed by atoms with E-state index in [9.17, 15) is 4.79 Å². The maximum Gasteiger partial charge on any atom is 0.230 e. The summed E-state index contributed by atoms with van der Waals surface area (Å²) in [6, 6.07) is 3.85. The van der Waals surface area contributed by atoms with Gasteiger partial charge in [0, 0.05) is 23.3 Å². The summed E-state index contributed by atoms with van der Waals surface area (Å²) in [6.07, 6.45) is 0. The normalized spacial score (nSPS) is 14.2. The van der Waals surface area contributed by atoms with E-state index in [1.807, 2.05) is 26.0 Å². The van der Waals surface area contributed by atoms with Crippen LogP contribution < -0.4 is 5.32 Å². The van der Waals surface area contributed by atoms with Crippen LogP contribution >= 0.6 is 34.7 Å². The third kappa shape index (κ3) is 5.61. The minimum atomic E-state index is -0.000665. The van der Waals surface area contributed by atoms with Gasteiger partial charge in [-0.15, -0.1) is 23.1 Å². The van der Waals surface area contributed by atoms with E-state index in [-0.39, 0.29) is 24.5 Å². The molecule has 3 nitrogen and oxygen atoms in total. The van der Waals surface area contributed by atoms with Gasteiger partial charge in [0.25, 0.3) is 0 Å². The van der Waals surface area contributed by atoms with Crippen molar-refractivity contribution in [3.63, 3.8) is 0 Å². The molecule has 18 heavy (non-hydrogen) atoms. The van der Waals surface area contributed by atoms with Crippen LogP contribution in [0, 0.1) is 5.92 Å². The Balaban J connectivity index is 2.21. The molecule has 0 saturated carbocycles. The molecule has 0 saturated heterocycles. The first kappa shape index (κ1) is 15.8. The molecule has 2 unspecified atom stereocenters. The van der Waals surface area contributed by atoms with Crippen molar-refractivity contribution >= 4 is 40.6 Å². The Hall–Kier alpha value is -0.230. The second-order valence-electron chi connectivity index (χ2n) is 4.21. The second kappa shape index (κ2) is 8.04. The van der Waals surface area contributed by atoms with Gasteiger partial charge in [-0.1, -0.05) is 18.5 Å². The molecule has 1 amide bonds. The van der Waals surface area contributed by atoms with E-state index in [0.717, 1.165) is 10.1 Å². The molecule has 2 N–H and O–H groups in total. The molecule has 102 valence electrons. The summed E-state index contributed by atoms with van der Waals surface area (Å²) in [4.78, 5) is 12.8. The van der Waals surface area contributed by atoms with Crippen LogP contribution in [0.3, 0.4) is 0 Å². The fraction of sp³-hybridized carbons (Fsp3) is 0.583. The van der Waals surface area contributed by atoms with Crippen LogP contribution in [0.1, 0.15) is 18.7 Å². The highest BCUT2D eigenvalue weighted by molar-refractivity contribution is 7.99. The zero-order valence-corrected chi connectivity index (χ0v) is 12.9. The van der Waals surface area contributed by atoms with Crippen LogP contribution in [0.25, 0.3) is 0 Å². The molecule has 0 aliphatic rings. The summed E-state index contributed by atoms with van der Waals surface area (Å²) in [6.45, 7) is 3.90. The lowest BCUT2D eigenvalue weighted by Crippen LogP contribution is -2.39. The van der Waals surface area contributed by atoms with Crippen molar-refractivity contribution in [3.05, 3.63) is 21.3 Å². The highest BCUT2D eigenvalue weighted by Gasteiger charge is 2.13. The van der Waals surface area contributed by atoms with Crippen LogP contribution in [0.15, 0.2) is 12.1 Å². The third-order valence-electron chi connectivity index (χ3n) is 2.64. The molecular weight excluding hydrogens is 290 g/mol. The molecule has 1 rings (SSSR count). The van der Waals surface area contributed by atoms with Crippen LogP contribution in [0.2, 0.25) is 4.34 Å². The van der Waals surface area contributed by atoms with E-state index in [1.165, 1.54) is 4.88 Å². The van der Waals surface area contributed by atoms with Gasteiger partial charge >= 0.3 is 0 Å². The number of carbonyl (C=O) groups excluding carboxylic acids is 1. The number of carbonyl (C=O) groups is 1. The van der Waals surface area contributed by atoms with Gasteiger partial charge in [-0.25, -0.2) is 0 Å². The Morgan fingerprint density at radius 3 is 2.83 bits per heavy atom. The van der Waals surface area contributed by atoms with Crippen molar-refractivity contribution < 1.29 is 9.90 Å². The standard InChI is InChI=1S/C12H18ClNO2S2/c1-8(5-15)9(2)14-12(16)7-17-6-10-3-4-11(13)18-10/h3-4,8-9,15H,5-7H2,1-2H3,(H,14,16). The summed E-state index contributed by atoms with van der Waals surface area (Å²) in [7, 11) is 0. The SMILES string of the molecule is CC(CO)C(C)NC(=O)CSCc1ccc(Cl)s1. The number of thioether (sulfide) groups is 1. The Kier molecular flexibility index (Phi) is 7.07. The summed E-state index contributed by atoms with van der Waals surface area (Å²) >= 11 is 8.94. The number of hydrogen-bond donors (Lipinski definition) is 2. The number of aliphatic hydroxyl groups excluding tert-OH is 1. The number of rotatable bonds is 7. The van der Waals surface area contributed by atoms with E-state index >= 15 is 0 Å². The highest BCUT2D eigenvalue weighted by Crippen LogP contribution is 2.24. The van der Waals surface area contributed by atoms with Gasteiger partial charge in [-0.05, 0) is 25.0 Å². The Morgan fingerprint density at radius 1 is 1.56 bits per heavy atom. The number of thiophene rings is 1. The van der Waals surface area contributed by atoms with Gasteiger partial charge in [0.05, 0.1) is 10.1 Å². The smallest absolute Gasteiger partial charge is 0.230 e. The molecule has 0 aliphatic carbocycles. The number of halogens is 1. The maximum absolute atomic E-state index is 11.6. The molecule has 0 aliphatic heterocycles. The van der Waals surface area contributed by atoms with Gasteiger partial charge < -0.3 is 10.4 Å². The van der Waals surface area contributed by atoms with Crippen molar-refractivity contribution in [3.8, 4) is 0 Å². The fourth-order valence-electron chi connectivity index (χ4n) is 1.27. The Morgan fingerprint density at radius 2 is 2.28 bits per heavy atom. The molecule has 0 aromatic carbocycles. The van der Waals surface area contributed by atoms with Crippen molar-refractivity contribution in [2.45, 2.75) is 25.6 Å². The predicted molar refractivity (Wildman–Crippen MR) is 79.3 cm³/mol. The topological polar surface area (TPSA) is 49.3 Å². The average molecular weight is 308 g/mol. The number of hydrogen-bond acceptors (Lipinski definition) is 4. The summed E-state index contributed by atoms with van der Waals surface area (Å²) in [5.74, 6) is 1.32. The number of nitrogens with one attached hydrogen (secondary N) is 1. The molecular formula is C12H18ClNO2S2. The largest absolute Gasteiger partial charge is 0.396 e. The van der Waals surface area contributed by atoms with Crippen molar-refractivity contribution in [1.29, 1.82) is 0 Å². The lowest BCUT2D eigenvalue weighted by atomic mass is 10.1. The molecule has 0 spiro atoms. The lowest BCUT2D eigenvalue weighted by molar-refractivity contribution is -0.119. The zero-order valence-electron chi connectivity index (χ0n) is 10.5. The van der Waals surface area contributed by atoms with E-state index in [4.69, 9.17) is 16.7 Å². The van der Waals surface area contributed by atoms with Gasteiger partial charge in [0.1, 0.15) is 0 Å². The molecule has 0 radical (unpaired) electrons. The molecule has 6 heteroatoms. The monoisotopic (exact) mass is 307 g/mol. The Bertz CT molecular complexity index is 384. The van der Waals surface area contributed by atoms with E-state index in [0.29, 0.717) is 5.75 Å². The van der Waals surface area contributed by atoms with Gasteiger partial charge in [-0.3, -0.25) is 4.79 Å². The summed E-state index contributed by atoms with van der Waals surface area (Å²) in [5.41, 5.74) is 0. The quantitative estimate of drug-likeness (QED) is 0.814. The molecule has 1 aromatic rings. The van der Waals surface area contributed by atoms with Crippen LogP contribution in [0.4, 0.5) is 0 Å². The molecule has 0 bridgehead atoms. The minimum absolute atomic E-state index is 0.000665. The first-order valence-electron chi connectivity index (χ1n) is 5.75. The van der Waals surface area contributed by atoms with Crippen LogP contribution in [-0.2, 0) is 10.5 Å². The molecule has 1 heterocycles. The Labute approximate surface area is 121 Å². The van der Waals surface area contributed by atoms with Crippen LogP contribution in [0.5, 0.6) is 0 Å². The first-order valence-corrected chi connectivity index (χ1v) is 8.10. The second-order valence-corrected chi connectivity index (χ2v) is 7.00. The minimum Gasteiger partial charge on any atom is -0.396 e. The maximum atomic E-state index is 11.6. The van der Waals surface area contributed by atoms with Crippen molar-refractivity contribution in [2.24, 2.45) is 5.92 Å². The number of amides is 1. The fourth-order valence-corrected chi connectivity index (χ4v) is 3.31. The van der Waals surface area contributed by atoms with E-state index in [2.05, 4.69) is 5.32 Å². The van der Waals surface area contributed by atoms with Crippen LogP contribution in [-0.4, -0.2) is 29.4 Å². The highest BCUT2D eigenvalue weighted by atomic mass is 35.5. The zero-order chi connectivity index (χ0) is 13.5. The first-order chi connectivity index (χ1) is 8.52. The van der Waals surface area contributed by atoms with Gasteiger partial charge in [0.2, 0.25) is 5.91 Å². The van der Waals surface area contributed by atoms with E-state index < -0.39 is 0 Å². The predicted octanol–water partition coefficient (Wildman–Crippen LogP) is 2.77. The average Bonchev–Trinajstić information content (AvgIpc) is 2.73. The summed E-state index contributed by atoms with van der Waals surface area (Å²) < 4.78 is 0.778. The third-order valence-corrected chi connectivity index (χ3v) is 5.03. The number of aliphatic hydroxyl groups is 1. The lowest BCUT2D eigenvalue weighted by Gasteiger charge is -2.18. The summed E-state index contributed by atoms with van der Waals surface area (Å²) in [5, 5.41) is 11.9. The molecule has 1 aromatic heterocycles.